The van der Waals surface area contributed by atoms with Crippen LogP contribution in [0.2, 0.25) is 0 Å². The van der Waals surface area contributed by atoms with Gasteiger partial charge in [-0.2, -0.15) is 0 Å². The van der Waals surface area contributed by atoms with Gasteiger partial charge in [-0.25, -0.2) is 9.97 Å². The highest BCUT2D eigenvalue weighted by atomic mass is 32.1. The van der Waals surface area contributed by atoms with Crippen LogP contribution in [0.3, 0.4) is 0 Å². The molecule has 0 radical (unpaired) electrons. The van der Waals surface area contributed by atoms with Crippen LogP contribution in [-0.4, -0.2) is 47.7 Å². The molecule has 0 saturated carbocycles. The minimum Gasteiger partial charge on any atom is -0.379 e. The molecule has 138 valence electrons. The van der Waals surface area contributed by atoms with Crippen molar-refractivity contribution in [3.63, 3.8) is 0 Å². The topological polar surface area (TPSA) is 50.3 Å². The van der Waals surface area contributed by atoms with E-state index in [9.17, 15) is 0 Å². The van der Waals surface area contributed by atoms with Crippen molar-refractivity contribution in [3.05, 3.63) is 28.7 Å². The Labute approximate surface area is 162 Å². The summed E-state index contributed by atoms with van der Waals surface area (Å²) in [5.41, 5.74) is 1.24. The maximum atomic E-state index is 5.45. The van der Waals surface area contributed by atoms with E-state index in [1.54, 1.807) is 22.7 Å². The maximum absolute atomic E-state index is 5.45. The quantitative estimate of drug-likeness (QED) is 0.681. The molecule has 3 aromatic rings. The van der Waals surface area contributed by atoms with Gasteiger partial charge in [-0.05, 0) is 17.4 Å². The lowest BCUT2D eigenvalue weighted by Crippen LogP contribution is -2.36. The fourth-order valence-electron chi connectivity index (χ4n) is 3.06. The van der Waals surface area contributed by atoms with Gasteiger partial charge < -0.3 is 10.1 Å². The van der Waals surface area contributed by atoms with Crippen LogP contribution in [0.1, 0.15) is 19.7 Å². The molecule has 0 spiro atoms. The van der Waals surface area contributed by atoms with Gasteiger partial charge in [0.25, 0.3) is 0 Å². The van der Waals surface area contributed by atoms with Crippen LogP contribution < -0.4 is 5.32 Å². The molecule has 0 aromatic carbocycles. The summed E-state index contributed by atoms with van der Waals surface area (Å²) in [6.07, 6.45) is 0. The number of nitrogens with zero attached hydrogens (tertiary/aromatic N) is 3. The first-order chi connectivity index (χ1) is 12.7. The SMILES string of the molecule is CC(C)CNc1nc(CN2CCOCC2)nc2scc(-c3cccs3)c12. The number of thiophene rings is 2. The zero-order valence-electron chi connectivity index (χ0n) is 15.2. The number of ether oxygens (including phenoxy) is 1. The normalized spacial score (nSPS) is 15.8. The van der Waals surface area contributed by atoms with Crippen molar-refractivity contribution in [2.45, 2.75) is 20.4 Å². The highest BCUT2D eigenvalue weighted by molar-refractivity contribution is 7.18. The smallest absolute Gasteiger partial charge is 0.146 e. The molecule has 0 aliphatic carbocycles. The number of fused-ring (bicyclic) bond motifs is 1. The molecule has 0 atom stereocenters. The molecule has 1 aliphatic rings. The van der Waals surface area contributed by atoms with Crippen LogP contribution >= 0.6 is 22.7 Å². The summed E-state index contributed by atoms with van der Waals surface area (Å²) in [7, 11) is 0. The van der Waals surface area contributed by atoms with E-state index in [1.165, 1.54) is 10.4 Å². The second kappa shape index (κ2) is 8.00. The van der Waals surface area contributed by atoms with Crippen LogP contribution in [0.4, 0.5) is 5.82 Å². The lowest BCUT2D eigenvalue weighted by molar-refractivity contribution is 0.0331. The molecule has 0 amide bonds. The molecule has 5 nitrogen and oxygen atoms in total. The molecule has 3 aromatic heterocycles. The summed E-state index contributed by atoms with van der Waals surface area (Å²) in [5, 5.41) is 9.06. The first-order valence-electron chi connectivity index (χ1n) is 9.06. The lowest BCUT2D eigenvalue weighted by Gasteiger charge is -2.25. The van der Waals surface area contributed by atoms with Crippen LogP contribution in [-0.2, 0) is 11.3 Å². The lowest BCUT2D eigenvalue weighted by atomic mass is 10.2. The van der Waals surface area contributed by atoms with Crippen molar-refractivity contribution in [1.82, 2.24) is 14.9 Å². The summed E-state index contributed by atoms with van der Waals surface area (Å²) < 4.78 is 5.45. The van der Waals surface area contributed by atoms with Gasteiger partial charge in [-0.15, -0.1) is 22.7 Å². The molecule has 0 bridgehead atoms. The summed E-state index contributed by atoms with van der Waals surface area (Å²) in [5.74, 6) is 2.42. The Bertz CT molecular complexity index is 854. The highest BCUT2D eigenvalue weighted by Crippen LogP contribution is 2.39. The Morgan fingerprint density at radius 3 is 2.81 bits per heavy atom. The van der Waals surface area contributed by atoms with E-state index in [-0.39, 0.29) is 0 Å². The van der Waals surface area contributed by atoms with Gasteiger partial charge >= 0.3 is 0 Å². The molecular weight excluding hydrogens is 364 g/mol. The number of hydrogen-bond donors (Lipinski definition) is 1. The first kappa shape index (κ1) is 17.9. The van der Waals surface area contributed by atoms with Crippen molar-refractivity contribution in [2.75, 3.05) is 38.2 Å². The highest BCUT2D eigenvalue weighted by Gasteiger charge is 2.18. The van der Waals surface area contributed by atoms with E-state index in [0.717, 1.165) is 61.3 Å². The van der Waals surface area contributed by atoms with Crippen molar-refractivity contribution in [2.24, 2.45) is 5.92 Å². The van der Waals surface area contributed by atoms with Crippen LogP contribution in [0.25, 0.3) is 20.7 Å². The maximum Gasteiger partial charge on any atom is 0.146 e. The average Bonchev–Trinajstić information content (AvgIpc) is 3.29. The zero-order valence-corrected chi connectivity index (χ0v) is 16.8. The van der Waals surface area contributed by atoms with Gasteiger partial charge in [0.2, 0.25) is 0 Å². The average molecular weight is 389 g/mol. The second-order valence-electron chi connectivity index (χ2n) is 6.96. The van der Waals surface area contributed by atoms with Gasteiger partial charge in [-0.1, -0.05) is 19.9 Å². The number of anilines is 1. The van der Waals surface area contributed by atoms with E-state index in [0.29, 0.717) is 5.92 Å². The number of hydrogen-bond acceptors (Lipinski definition) is 7. The van der Waals surface area contributed by atoms with Crippen LogP contribution in [0.5, 0.6) is 0 Å². The van der Waals surface area contributed by atoms with Gasteiger partial charge in [0.1, 0.15) is 16.5 Å². The van der Waals surface area contributed by atoms with Crippen LogP contribution in [0.15, 0.2) is 22.9 Å². The molecule has 1 N–H and O–H groups in total. The minimum absolute atomic E-state index is 0.562. The standard InChI is InChI=1S/C19H24N4OS2/c1-13(2)10-20-18-17-14(15-4-3-9-25-15)12-26-19(17)22-16(21-18)11-23-5-7-24-8-6-23/h3-4,9,12-13H,5-8,10-11H2,1-2H3,(H,20,21,22). The largest absolute Gasteiger partial charge is 0.379 e. The second-order valence-corrected chi connectivity index (χ2v) is 8.76. The third-order valence-corrected chi connectivity index (χ3v) is 6.19. The Hall–Kier alpha value is -1.54. The van der Waals surface area contributed by atoms with E-state index >= 15 is 0 Å². The fourth-order valence-corrected chi connectivity index (χ4v) is 4.84. The number of rotatable bonds is 6. The molecule has 1 fully saturated rings. The van der Waals surface area contributed by atoms with Gasteiger partial charge in [0, 0.05) is 35.5 Å². The zero-order chi connectivity index (χ0) is 17.9. The molecule has 26 heavy (non-hydrogen) atoms. The van der Waals surface area contributed by atoms with E-state index in [4.69, 9.17) is 14.7 Å². The molecule has 1 saturated heterocycles. The Kier molecular flexibility index (Phi) is 5.49. The van der Waals surface area contributed by atoms with Crippen molar-refractivity contribution < 1.29 is 4.74 Å². The van der Waals surface area contributed by atoms with Crippen molar-refractivity contribution in [1.29, 1.82) is 0 Å². The van der Waals surface area contributed by atoms with E-state index in [2.05, 4.69) is 47.0 Å². The van der Waals surface area contributed by atoms with E-state index < -0.39 is 0 Å². The molecular formula is C19H24N4OS2. The third kappa shape index (κ3) is 3.91. The fraction of sp³-hybridized carbons (Fsp3) is 0.474. The summed E-state index contributed by atoms with van der Waals surface area (Å²) in [6, 6.07) is 4.26. The summed E-state index contributed by atoms with van der Waals surface area (Å²) >= 11 is 3.47. The Morgan fingerprint density at radius 1 is 1.23 bits per heavy atom. The van der Waals surface area contributed by atoms with Gasteiger partial charge in [0.05, 0.1) is 25.1 Å². The molecule has 0 unspecified atom stereocenters. The molecule has 7 heteroatoms. The summed E-state index contributed by atoms with van der Waals surface area (Å²) in [4.78, 5) is 14.5. The number of nitrogens with one attached hydrogen (secondary N) is 1. The van der Waals surface area contributed by atoms with Gasteiger partial charge in [0.15, 0.2) is 0 Å². The number of aromatic nitrogens is 2. The molecule has 4 rings (SSSR count). The van der Waals surface area contributed by atoms with Crippen molar-refractivity contribution >= 4 is 38.7 Å². The van der Waals surface area contributed by atoms with Crippen LogP contribution in [0, 0.1) is 5.92 Å². The number of morpholine rings is 1. The predicted molar refractivity (Wildman–Crippen MR) is 110 cm³/mol. The summed E-state index contributed by atoms with van der Waals surface area (Å²) in [6.45, 7) is 9.60. The Morgan fingerprint density at radius 2 is 2.08 bits per heavy atom. The minimum atomic E-state index is 0.562. The molecule has 4 heterocycles. The third-order valence-electron chi connectivity index (χ3n) is 4.41. The monoisotopic (exact) mass is 388 g/mol. The first-order valence-corrected chi connectivity index (χ1v) is 10.8. The predicted octanol–water partition coefficient (Wildman–Crippen LogP) is 4.32. The van der Waals surface area contributed by atoms with E-state index in [1.807, 2.05) is 0 Å². The van der Waals surface area contributed by atoms with Gasteiger partial charge in [-0.3, -0.25) is 4.90 Å². The Balaban J connectivity index is 1.71. The molecule has 1 aliphatic heterocycles. The van der Waals surface area contributed by atoms with Crippen molar-refractivity contribution in [3.8, 4) is 10.4 Å².